The van der Waals surface area contributed by atoms with E-state index in [1.54, 1.807) is 0 Å². The number of hydrogen-bond donors (Lipinski definition) is 3. The predicted octanol–water partition coefficient (Wildman–Crippen LogP) is 5.28. The van der Waals surface area contributed by atoms with Gasteiger partial charge < -0.3 is 30.3 Å². The third-order valence-corrected chi connectivity index (χ3v) is 7.23. The highest BCUT2D eigenvalue weighted by atomic mass is 16.5. The summed E-state index contributed by atoms with van der Waals surface area (Å²) in [6.45, 7) is 9.44. The van der Waals surface area contributed by atoms with Crippen LogP contribution in [0.2, 0.25) is 0 Å². The molecular weight excluding hydrogens is 520 g/mol. The van der Waals surface area contributed by atoms with Crippen LogP contribution in [-0.2, 0) is 14.3 Å². The number of anilines is 6. The number of aryl methyl sites for hydroxylation is 1. The van der Waals surface area contributed by atoms with Crippen LogP contribution in [0, 0.1) is 6.92 Å². The molecule has 4 aromatic rings. The molecule has 0 aliphatic carbocycles. The Labute approximate surface area is 238 Å². The van der Waals surface area contributed by atoms with Crippen molar-refractivity contribution < 1.29 is 14.3 Å². The zero-order valence-corrected chi connectivity index (χ0v) is 23.1. The zero-order valence-electron chi connectivity index (χ0n) is 23.1. The van der Waals surface area contributed by atoms with Crippen molar-refractivity contribution in [2.45, 2.75) is 32.4 Å². The topological polar surface area (TPSA) is 118 Å². The van der Waals surface area contributed by atoms with Crippen LogP contribution in [0.5, 0.6) is 0 Å². The van der Waals surface area contributed by atoms with Crippen molar-refractivity contribution in [3.05, 3.63) is 66.9 Å². The Kier molecular flexibility index (Phi) is 7.79. The van der Waals surface area contributed by atoms with E-state index in [-0.39, 0.29) is 12.1 Å². The molecule has 212 valence electrons. The summed E-state index contributed by atoms with van der Waals surface area (Å²) in [6, 6.07) is 15.7. The SMILES string of the molecule is C=CC(=O)Nc1cccc(Nc2nc(Nc3ccc(N4CCOCC4)cc3)c3c(C)nn(C4CCCCO4)c3n2)c1. The Balaban J connectivity index is 1.35. The molecule has 2 saturated heterocycles. The molecule has 0 bridgehead atoms. The quantitative estimate of drug-likeness (QED) is 0.250. The van der Waals surface area contributed by atoms with Crippen LogP contribution in [0.4, 0.5) is 34.5 Å². The van der Waals surface area contributed by atoms with Gasteiger partial charge in [-0.25, -0.2) is 4.68 Å². The standard InChI is InChI=1S/C30H34N8O3/c1-3-25(39)31-22-7-6-8-23(19-22)33-30-34-28(32-21-10-12-24(13-11-21)37-14-17-40-18-15-37)27-20(2)36-38(29(27)35-30)26-9-4-5-16-41-26/h3,6-8,10-13,19,26H,1,4-5,9,14-18H2,2H3,(H,31,39)(H2,32,33,34,35). The molecule has 2 aliphatic rings. The minimum absolute atomic E-state index is 0.180. The van der Waals surface area contributed by atoms with E-state index in [4.69, 9.17) is 24.5 Å². The van der Waals surface area contributed by atoms with Gasteiger partial charge in [-0.3, -0.25) is 4.79 Å². The van der Waals surface area contributed by atoms with E-state index in [9.17, 15) is 4.79 Å². The van der Waals surface area contributed by atoms with E-state index in [1.807, 2.05) is 35.9 Å². The number of aromatic nitrogens is 4. The van der Waals surface area contributed by atoms with Crippen molar-refractivity contribution in [2.75, 3.05) is 53.8 Å². The highest BCUT2D eigenvalue weighted by Gasteiger charge is 2.24. The number of carbonyl (C=O) groups excluding carboxylic acids is 1. The molecule has 11 nitrogen and oxygen atoms in total. The second kappa shape index (κ2) is 11.9. The van der Waals surface area contributed by atoms with Gasteiger partial charge in [-0.1, -0.05) is 12.6 Å². The fourth-order valence-corrected chi connectivity index (χ4v) is 5.18. The van der Waals surface area contributed by atoms with Gasteiger partial charge >= 0.3 is 0 Å². The number of carbonyl (C=O) groups is 1. The smallest absolute Gasteiger partial charge is 0.247 e. The number of ether oxygens (including phenoxy) is 2. The van der Waals surface area contributed by atoms with Gasteiger partial charge in [-0.2, -0.15) is 15.1 Å². The summed E-state index contributed by atoms with van der Waals surface area (Å²) in [7, 11) is 0. The van der Waals surface area contributed by atoms with Gasteiger partial charge in [0.2, 0.25) is 11.9 Å². The maximum Gasteiger partial charge on any atom is 0.247 e. The zero-order chi connectivity index (χ0) is 28.2. The Morgan fingerprint density at radius 2 is 1.80 bits per heavy atom. The van der Waals surface area contributed by atoms with Crippen LogP contribution in [-0.4, -0.2) is 58.6 Å². The number of amides is 1. The molecule has 3 N–H and O–H groups in total. The monoisotopic (exact) mass is 554 g/mol. The van der Waals surface area contributed by atoms with Crippen molar-refractivity contribution in [1.82, 2.24) is 19.7 Å². The number of fused-ring (bicyclic) bond motifs is 1. The summed E-state index contributed by atoms with van der Waals surface area (Å²) in [5, 5.41) is 15.3. The van der Waals surface area contributed by atoms with Crippen LogP contribution in [0.3, 0.4) is 0 Å². The van der Waals surface area contributed by atoms with Crippen LogP contribution in [0.15, 0.2) is 61.2 Å². The maximum absolute atomic E-state index is 11.8. The first kappa shape index (κ1) is 26.7. The van der Waals surface area contributed by atoms with Gasteiger partial charge in [0.1, 0.15) is 5.82 Å². The minimum Gasteiger partial charge on any atom is -0.378 e. The Hall–Kier alpha value is -4.48. The second-order valence-electron chi connectivity index (χ2n) is 10.1. The summed E-state index contributed by atoms with van der Waals surface area (Å²) in [5.41, 5.74) is 4.94. The lowest BCUT2D eigenvalue weighted by Gasteiger charge is -2.28. The van der Waals surface area contributed by atoms with E-state index in [1.165, 1.54) is 6.08 Å². The van der Waals surface area contributed by atoms with Crippen LogP contribution in [0.1, 0.15) is 31.2 Å². The van der Waals surface area contributed by atoms with Crippen LogP contribution in [0.25, 0.3) is 11.0 Å². The van der Waals surface area contributed by atoms with E-state index in [2.05, 4.69) is 51.7 Å². The Bertz CT molecular complexity index is 1540. The average molecular weight is 555 g/mol. The number of nitrogens with one attached hydrogen (secondary N) is 3. The second-order valence-corrected chi connectivity index (χ2v) is 10.1. The predicted molar refractivity (Wildman–Crippen MR) is 160 cm³/mol. The number of nitrogens with zero attached hydrogens (tertiary/aromatic N) is 5. The van der Waals surface area contributed by atoms with E-state index < -0.39 is 0 Å². The summed E-state index contributed by atoms with van der Waals surface area (Å²) in [6.07, 6.45) is 4.05. The molecule has 0 radical (unpaired) electrons. The van der Waals surface area contributed by atoms with Gasteiger partial charge in [0.15, 0.2) is 11.9 Å². The minimum atomic E-state index is -0.280. The lowest BCUT2D eigenvalue weighted by atomic mass is 10.2. The lowest BCUT2D eigenvalue weighted by Crippen LogP contribution is -2.36. The van der Waals surface area contributed by atoms with E-state index in [0.29, 0.717) is 29.7 Å². The first-order valence-corrected chi connectivity index (χ1v) is 14.0. The molecule has 2 aromatic carbocycles. The summed E-state index contributed by atoms with van der Waals surface area (Å²) in [4.78, 5) is 23.9. The number of rotatable bonds is 8. The van der Waals surface area contributed by atoms with Crippen molar-refractivity contribution in [2.24, 2.45) is 0 Å². The summed E-state index contributed by atoms with van der Waals surface area (Å²) in [5.74, 6) is 0.763. The lowest BCUT2D eigenvalue weighted by molar-refractivity contribution is -0.111. The van der Waals surface area contributed by atoms with Crippen LogP contribution >= 0.6 is 0 Å². The van der Waals surface area contributed by atoms with E-state index >= 15 is 0 Å². The molecule has 2 aliphatic heterocycles. The largest absolute Gasteiger partial charge is 0.378 e. The highest BCUT2D eigenvalue weighted by molar-refractivity contribution is 5.99. The van der Waals surface area contributed by atoms with Crippen molar-refractivity contribution in [3.63, 3.8) is 0 Å². The van der Waals surface area contributed by atoms with Gasteiger partial charge in [-0.05, 0) is 74.7 Å². The highest BCUT2D eigenvalue weighted by Crippen LogP contribution is 2.33. The Morgan fingerprint density at radius 3 is 2.56 bits per heavy atom. The third-order valence-electron chi connectivity index (χ3n) is 7.23. The first-order valence-electron chi connectivity index (χ1n) is 14.0. The summed E-state index contributed by atoms with van der Waals surface area (Å²) >= 11 is 0. The van der Waals surface area contributed by atoms with Gasteiger partial charge in [0.05, 0.1) is 24.3 Å². The molecular formula is C30H34N8O3. The first-order chi connectivity index (χ1) is 20.1. The van der Waals surface area contributed by atoms with Gasteiger partial charge in [0.25, 0.3) is 0 Å². The maximum atomic E-state index is 11.8. The molecule has 41 heavy (non-hydrogen) atoms. The fraction of sp³-hybridized carbons (Fsp3) is 0.333. The van der Waals surface area contributed by atoms with Gasteiger partial charge in [0, 0.05) is 42.4 Å². The number of benzene rings is 2. The van der Waals surface area contributed by atoms with Crippen molar-refractivity contribution in [3.8, 4) is 0 Å². The molecule has 4 heterocycles. The third kappa shape index (κ3) is 6.01. The molecule has 1 atom stereocenters. The molecule has 1 unspecified atom stereocenters. The van der Waals surface area contributed by atoms with Crippen molar-refractivity contribution in [1.29, 1.82) is 0 Å². The molecule has 0 saturated carbocycles. The fourth-order valence-electron chi connectivity index (χ4n) is 5.18. The van der Waals surface area contributed by atoms with E-state index in [0.717, 1.165) is 73.7 Å². The number of hydrogen-bond acceptors (Lipinski definition) is 9. The molecule has 6 rings (SSSR count). The molecule has 0 spiro atoms. The van der Waals surface area contributed by atoms with Crippen molar-refractivity contribution >= 4 is 51.5 Å². The molecule has 2 aromatic heterocycles. The molecule has 1 amide bonds. The normalized spacial score (nSPS) is 17.3. The molecule has 11 heteroatoms. The average Bonchev–Trinajstić information content (AvgIpc) is 3.34. The molecule has 2 fully saturated rings. The van der Waals surface area contributed by atoms with Gasteiger partial charge in [-0.15, -0.1) is 0 Å². The van der Waals surface area contributed by atoms with Crippen LogP contribution < -0.4 is 20.9 Å². The number of morpholine rings is 1. The Morgan fingerprint density at radius 1 is 1.00 bits per heavy atom. The summed E-state index contributed by atoms with van der Waals surface area (Å²) < 4.78 is 13.4.